The van der Waals surface area contributed by atoms with Gasteiger partial charge in [-0.15, -0.1) is 0 Å². The Morgan fingerprint density at radius 1 is 0.322 bits per heavy atom. The maximum absolute atomic E-state index is 12.5. The molecule has 0 radical (unpaired) electrons. The summed E-state index contributed by atoms with van der Waals surface area (Å²) in [5.41, 5.74) is 0. The highest BCUT2D eigenvalue weighted by atomic mass is 16.5. The number of nitrogens with one attached hydrogen (secondary N) is 1. The van der Waals surface area contributed by atoms with Crippen LogP contribution in [0.3, 0.4) is 0 Å². The molecule has 0 aliphatic carbocycles. The molecular weight excluding hydrogens is 1070 g/mol. The smallest absolute Gasteiger partial charge is 0.305 e. The zero-order valence-corrected chi connectivity index (χ0v) is 59.0. The monoisotopic (exact) mass is 1220 g/mol. The highest BCUT2D eigenvalue weighted by Gasteiger charge is 2.18. The highest BCUT2D eigenvalue weighted by molar-refractivity contribution is 5.76. The molecular formula is C81H155NO5. The first kappa shape index (κ1) is 85.1. The summed E-state index contributed by atoms with van der Waals surface area (Å²) in [6, 6.07) is -0.626. The van der Waals surface area contributed by atoms with Gasteiger partial charge in [-0.25, -0.2) is 0 Å². The van der Waals surface area contributed by atoms with Gasteiger partial charge in [0.2, 0.25) is 5.91 Å². The molecule has 0 bridgehead atoms. The minimum absolute atomic E-state index is 0.0237. The molecule has 0 saturated heterocycles. The van der Waals surface area contributed by atoms with Gasteiger partial charge in [-0.1, -0.05) is 403 Å². The Morgan fingerprint density at radius 3 is 0.874 bits per heavy atom. The fourth-order valence-electron chi connectivity index (χ4n) is 12.6. The van der Waals surface area contributed by atoms with E-state index in [1.807, 2.05) is 6.08 Å². The molecule has 87 heavy (non-hydrogen) atoms. The van der Waals surface area contributed by atoms with E-state index in [9.17, 15) is 19.8 Å². The Morgan fingerprint density at radius 2 is 0.575 bits per heavy atom. The van der Waals surface area contributed by atoms with Gasteiger partial charge >= 0.3 is 5.97 Å². The van der Waals surface area contributed by atoms with Gasteiger partial charge in [0.15, 0.2) is 0 Å². The molecule has 514 valence electrons. The van der Waals surface area contributed by atoms with Crippen molar-refractivity contribution in [1.82, 2.24) is 5.32 Å². The molecule has 3 N–H and O–H groups in total. The molecule has 0 saturated carbocycles. The van der Waals surface area contributed by atoms with E-state index >= 15 is 0 Å². The van der Waals surface area contributed by atoms with E-state index in [0.717, 1.165) is 44.9 Å². The summed E-state index contributed by atoms with van der Waals surface area (Å²) in [4.78, 5) is 24.6. The number of hydrogen-bond acceptors (Lipinski definition) is 5. The summed E-state index contributed by atoms with van der Waals surface area (Å²) in [7, 11) is 0. The van der Waals surface area contributed by atoms with Crippen LogP contribution in [-0.4, -0.2) is 47.4 Å². The molecule has 0 aromatic heterocycles. The second-order valence-corrected chi connectivity index (χ2v) is 27.4. The van der Waals surface area contributed by atoms with Gasteiger partial charge in [0, 0.05) is 12.8 Å². The zero-order chi connectivity index (χ0) is 62.8. The number of rotatable bonds is 75. The standard InChI is InChI=1S/C81H155NO5/c1-3-5-7-9-11-13-15-17-19-46-49-53-57-61-65-69-73-79(84)78(77-83)82-80(85)74-70-66-62-58-54-50-47-43-41-39-37-35-33-31-29-27-25-23-21-20-22-24-26-28-30-32-34-36-38-40-42-44-48-52-56-60-64-68-72-76-87-81(86)75-71-67-63-59-55-51-45-18-16-14-12-10-8-6-4-2/h20-21,24,26,69,73,78-79,83-84H,3-19,22-23,25,27-68,70-72,74-77H2,1-2H3,(H,82,85)/b21-20-,26-24-,73-69+. The first-order valence-electron chi connectivity index (χ1n) is 39.8. The van der Waals surface area contributed by atoms with E-state index in [2.05, 4.69) is 43.5 Å². The van der Waals surface area contributed by atoms with Crippen LogP contribution in [0.25, 0.3) is 0 Å². The van der Waals surface area contributed by atoms with E-state index in [0.29, 0.717) is 19.4 Å². The SMILES string of the molecule is CCCCCCCCCCCCCCCC/C=C/C(O)C(CO)NC(=O)CCCCCCCCCCCCCCCCCCC/C=C\C/C=C\CCCCCCCCCCCCCCCCCOC(=O)CCCCCCCCCCCCCCCCC. The van der Waals surface area contributed by atoms with E-state index in [1.54, 1.807) is 6.08 Å². The lowest BCUT2D eigenvalue weighted by Crippen LogP contribution is -2.45. The first-order valence-corrected chi connectivity index (χ1v) is 39.8. The van der Waals surface area contributed by atoms with Crippen molar-refractivity contribution in [3.8, 4) is 0 Å². The van der Waals surface area contributed by atoms with Crippen LogP contribution in [0.4, 0.5) is 0 Å². The summed E-state index contributed by atoms with van der Waals surface area (Å²) in [5.74, 6) is -0.0381. The minimum atomic E-state index is -0.842. The van der Waals surface area contributed by atoms with E-state index in [1.165, 1.54) is 372 Å². The second-order valence-electron chi connectivity index (χ2n) is 27.4. The first-order chi connectivity index (χ1) is 43.0. The molecule has 6 nitrogen and oxygen atoms in total. The second kappa shape index (κ2) is 76.5. The fraction of sp³-hybridized carbons (Fsp3) is 0.901. The van der Waals surface area contributed by atoms with Crippen LogP contribution in [0.1, 0.15) is 444 Å². The van der Waals surface area contributed by atoms with Crippen molar-refractivity contribution in [2.45, 2.75) is 456 Å². The van der Waals surface area contributed by atoms with Crippen LogP contribution in [0.2, 0.25) is 0 Å². The summed E-state index contributed by atoms with van der Waals surface area (Å²) >= 11 is 0. The summed E-state index contributed by atoms with van der Waals surface area (Å²) < 4.78 is 5.51. The number of allylic oxidation sites excluding steroid dienone is 5. The van der Waals surface area contributed by atoms with Gasteiger partial charge in [0.1, 0.15) is 0 Å². The molecule has 1 amide bonds. The molecule has 0 aliphatic heterocycles. The summed E-state index contributed by atoms with van der Waals surface area (Å²) in [5, 5.41) is 23.2. The number of esters is 1. The molecule has 0 fully saturated rings. The Kier molecular flexibility index (Phi) is 74.8. The lowest BCUT2D eigenvalue weighted by Gasteiger charge is -2.20. The quantitative estimate of drug-likeness (QED) is 0.0320. The number of aliphatic hydroxyl groups excluding tert-OH is 2. The van der Waals surface area contributed by atoms with Gasteiger partial charge in [-0.05, 0) is 64.2 Å². The molecule has 0 aliphatic rings. The maximum atomic E-state index is 12.5. The predicted molar refractivity (Wildman–Crippen MR) is 384 cm³/mol. The largest absolute Gasteiger partial charge is 0.466 e. The third-order valence-corrected chi connectivity index (χ3v) is 18.7. The van der Waals surface area contributed by atoms with Crippen molar-refractivity contribution in [3.05, 3.63) is 36.5 Å². The van der Waals surface area contributed by atoms with E-state index in [4.69, 9.17) is 4.74 Å². The summed E-state index contributed by atoms with van der Waals surface area (Å²) in [6.45, 7) is 4.95. The molecule has 6 heteroatoms. The van der Waals surface area contributed by atoms with Crippen LogP contribution >= 0.6 is 0 Å². The number of unbranched alkanes of at least 4 members (excludes halogenated alkanes) is 60. The maximum Gasteiger partial charge on any atom is 0.305 e. The van der Waals surface area contributed by atoms with E-state index < -0.39 is 12.1 Å². The normalized spacial score (nSPS) is 12.6. The van der Waals surface area contributed by atoms with Gasteiger partial charge in [-0.3, -0.25) is 9.59 Å². The fourth-order valence-corrected chi connectivity index (χ4v) is 12.6. The third-order valence-electron chi connectivity index (χ3n) is 18.7. The van der Waals surface area contributed by atoms with Crippen molar-refractivity contribution in [2.24, 2.45) is 0 Å². The average Bonchev–Trinajstić information content (AvgIpc) is 3.58. The molecule has 0 rings (SSSR count). The van der Waals surface area contributed by atoms with Crippen LogP contribution < -0.4 is 5.32 Å². The van der Waals surface area contributed by atoms with Crippen molar-refractivity contribution < 1.29 is 24.5 Å². The average molecular weight is 1220 g/mol. The minimum Gasteiger partial charge on any atom is -0.466 e. The molecule has 0 spiro atoms. The van der Waals surface area contributed by atoms with Crippen molar-refractivity contribution in [3.63, 3.8) is 0 Å². The number of amides is 1. The third kappa shape index (κ3) is 73.0. The molecule has 0 heterocycles. The van der Waals surface area contributed by atoms with Crippen LogP contribution in [-0.2, 0) is 14.3 Å². The van der Waals surface area contributed by atoms with Gasteiger partial charge < -0.3 is 20.3 Å². The lowest BCUT2D eigenvalue weighted by molar-refractivity contribution is -0.143. The Bertz CT molecular complexity index is 1410. The van der Waals surface area contributed by atoms with Gasteiger partial charge in [0.25, 0.3) is 0 Å². The number of carbonyl (C=O) groups is 2. The van der Waals surface area contributed by atoms with Crippen molar-refractivity contribution in [2.75, 3.05) is 13.2 Å². The van der Waals surface area contributed by atoms with Crippen LogP contribution in [0, 0.1) is 0 Å². The predicted octanol–water partition coefficient (Wildman–Crippen LogP) is 26.2. The zero-order valence-electron chi connectivity index (χ0n) is 59.0. The van der Waals surface area contributed by atoms with Gasteiger partial charge in [0.05, 0.1) is 25.4 Å². The number of hydrogen-bond donors (Lipinski definition) is 3. The molecule has 2 unspecified atom stereocenters. The Balaban J connectivity index is 3.35. The highest BCUT2D eigenvalue weighted by Crippen LogP contribution is 2.20. The van der Waals surface area contributed by atoms with E-state index in [-0.39, 0.29) is 18.5 Å². The van der Waals surface area contributed by atoms with Gasteiger partial charge in [-0.2, -0.15) is 0 Å². The van der Waals surface area contributed by atoms with Crippen molar-refractivity contribution >= 4 is 11.9 Å². The van der Waals surface area contributed by atoms with Crippen LogP contribution in [0.15, 0.2) is 36.5 Å². The van der Waals surface area contributed by atoms with Crippen molar-refractivity contribution in [1.29, 1.82) is 0 Å². The Labute approximate surface area is 544 Å². The molecule has 2 atom stereocenters. The lowest BCUT2D eigenvalue weighted by atomic mass is 10.0. The number of carbonyl (C=O) groups excluding carboxylic acids is 2. The Hall–Kier alpha value is -1.92. The molecule has 0 aromatic rings. The number of ether oxygens (including phenoxy) is 1. The summed E-state index contributed by atoms with van der Waals surface area (Å²) in [6.07, 6.45) is 99.9. The molecule has 0 aromatic carbocycles. The topological polar surface area (TPSA) is 95.9 Å². The van der Waals surface area contributed by atoms with Crippen LogP contribution in [0.5, 0.6) is 0 Å². The number of aliphatic hydroxyl groups is 2.